The van der Waals surface area contributed by atoms with Crippen LogP contribution in [0, 0.1) is 10.8 Å². The predicted molar refractivity (Wildman–Crippen MR) is 112 cm³/mol. The lowest BCUT2D eigenvalue weighted by molar-refractivity contribution is 0.0406. The van der Waals surface area contributed by atoms with Crippen molar-refractivity contribution < 1.29 is 27.2 Å². The second-order valence-electron chi connectivity index (χ2n) is 8.78. The molecule has 0 aromatic heterocycles. The summed E-state index contributed by atoms with van der Waals surface area (Å²) < 4.78 is 47.4. The van der Waals surface area contributed by atoms with Gasteiger partial charge in [-0.3, -0.25) is 9.13 Å². The van der Waals surface area contributed by atoms with Gasteiger partial charge in [-0.2, -0.15) is 0 Å². The Balaban J connectivity index is 0.00000136. The number of rotatable bonds is 4. The number of benzene rings is 1. The molecule has 0 spiro atoms. The largest absolute Gasteiger partial charge is 0.335 e. The molecule has 0 unspecified atom stereocenters. The zero-order valence-electron chi connectivity index (χ0n) is 17.9. The fourth-order valence-corrected chi connectivity index (χ4v) is 6.65. The molecule has 8 heteroatoms. The summed E-state index contributed by atoms with van der Waals surface area (Å²) in [5.74, 6) is 0. The molecule has 6 nitrogen and oxygen atoms in total. The van der Waals surface area contributed by atoms with E-state index in [1.807, 2.05) is 65.8 Å². The lowest BCUT2D eigenvalue weighted by atomic mass is 9.97. The van der Waals surface area contributed by atoms with Crippen molar-refractivity contribution in [3.63, 3.8) is 0 Å². The molecule has 28 heavy (non-hydrogen) atoms. The predicted octanol–water partition coefficient (Wildman–Crippen LogP) is 6.25. The molecule has 0 aliphatic carbocycles. The van der Waals surface area contributed by atoms with Crippen LogP contribution in [0.1, 0.15) is 52.7 Å². The number of hydrogen-bond donors (Lipinski definition) is 0. The minimum Gasteiger partial charge on any atom is -0.308 e. The van der Waals surface area contributed by atoms with Crippen molar-refractivity contribution in [2.24, 2.45) is 10.8 Å². The summed E-state index contributed by atoms with van der Waals surface area (Å²) in [5.41, 5.74) is 1.50. The molecule has 0 N–H and O–H groups in total. The van der Waals surface area contributed by atoms with Crippen LogP contribution in [0.3, 0.4) is 0 Å². The van der Waals surface area contributed by atoms with Gasteiger partial charge in [0.15, 0.2) is 0 Å². The standard InChI is InChI=1S/C18H28O6P2.C2H6/c1-17(2)11-21-25(19,22-12-17)9-15-5-7-16(8-6-15)10-26(20)23-13-18(3,4)14-24-26;1-2/h5-8H,9-14H2,1-4H3;1-2H3. The number of hydrogen-bond acceptors (Lipinski definition) is 6. The van der Waals surface area contributed by atoms with Gasteiger partial charge in [-0.15, -0.1) is 0 Å². The van der Waals surface area contributed by atoms with E-state index in [4.69, 9.17) is 18.1 Å². The summed E-state index contributed by atoms with van der Waals surface area (Å²) in [6.45, 7) is 13.8. The SMILES string of the molecule is CC.CC1(C)COP(=O)(Cc2ccc(CP3(=O)OCC(C)(C)CO3)cc2)OC1. The van der Waals surface area contributed by atoms with Crippen molar-refractivity contribution in [2.75, 3.05) is 26.4 Å². The third-order valence-corrected chi connectivity index (χ3v) is 7.98. The molecule has 160 valence electrons. The summed E-state index contributed by atoms with van der Waals surface area (Å²) in [5, 5.41) is 0. The Morgan fingerprint density at radius 2 is 0.929 bits per heavy atom. The molecule has 0 amide bonds. The zero-order valence-corrected chi connectivity index (χ0v) is 19.7. The molecule has 0 atom stereocenters. The zero-order chi connectivity index (χ0) is 21.1. The first-order valence-electron chi connectivity index (χ1n) is 9.83. The molecule has 2 saturated heterocycles. The molecule has 0 radical (unpaired) electrons. The highest BCUT2D eigenvalue weighted by atomic mass is 31.2. The topological polar surface area (TPSA) is 71.1 Å². The van der Waals surface area contributed by atoms with Gasteiger partial charge in [-0.25, -0.2) is 0 Å². The quantitative estimate of drug-likeness (QED) is 0.524. The van der Waals surface area contributed by atoms with Crippen molar-refractivity contribution in [3.8, 4) is 0 Å². The van der Waals surface area contributed by atoms with Crippen molar-refractivity contribution in [3.05, 3.63) is 35.4 Å². The molecule has 1 aromatic rings. The van der Waals surface area contributed by atoms with Crippen molar-refractivity contribution in [2.45, 2.75) is 53.9 Å². The van der Waals surface area contributed by atoms with Gasteiger partial charge in [-0.05, 0) is 11.1 Å². The van der Waals surface area contributed by atoms with Gasteiger partial charge in [-0.1, -0.05) is 65.8 Å². The maximum absolute atomic E-state index is 12.7. The van der Waals surface area contributed by atoms with Gasteiger partial charge in [0, 0.05) is 10.8 Å². The molecule has 2 fully saturated rings. The minimum atomic E-state index is -3.10. The Bertz CT molecular complexity index is 651. The first kappa shape index (κ1) is 23.8. The average Bonchev–Trinajstić information content (AvgIpc) is 2.65. The van der Waals surface area contributed by atoms with Crippen LogP contribution in [0.25, 0.3) is 0 Å². The van der Waals surface area contributed by atoms with E-state index in [0.717, 1.165) is 11.1 Å². The lowest BCUT2D eigenvalue weighted by Gasteiger charge is -2.34. The van der Waals surface area contributed by atoms with Crippen molar-refractivity contribution in [1.82, 2.24) is 0 Å². The van der Waals surface area contributed by atoms with Crippen LogP contribution in [-0.4, -0.2) is 26.4 Å². The van der Waals surface area contributed by atoms with Gasteiger partial charge >= 0.3 is 15.2 Å². The Labute approximate surface area is 169 Å². The Morgan fingerprint density at radius 1 is 0.679 bits per heavy atom. The van der Waals surface area contributed by atoms with Gasteiger partial charge in [0.25, 0.3) is 0 Å². The summed E-state index contributed by atoms with van der Waals surface area (Å²) in [6.07, 6.45) is 0.477. The van der Waals surface area contributed by atoms with Crippen LogP contribution < -0.4 is 0 Å². The molecule has 0 bridgehead atoms. The van der Waals surface area contributed by atoms with Gasteiger partial charge in [0.1, 0.15) is 0 Å². The minimum absolute atomic E-state index is 0.113. The highest BCUT2D eigenvalue weighted by Crippen LogP contribution is 2.57. The van der Waals surface area contributed by atoms with Crippen LogP contribution in [0.15, 0.2) is 24.3 Å². The van der Waals surface area contributed by atoms with E-state index in [2.05, 4.69) is 0 Å². The van der Waals surface area contributed by atoms with E-state index in [1.54, 1.807) is 0 Å². The summed E-state index contributed by atoms with van der Waals surface area (Å²) in [7, 11) is -6.19. The fourth-order valence-electron chi connectivity index (χ4n) is 2.63. The average molecular weight is 432 g/mol. The van der Waals surface area contributed by atoms with E-state index in [-0.39, 0.29) is 23.2 Å². The smallest absolute Gasteiger partial charge is 0.308 e. The van der Waals surface area contributed by atoms with Crippen LogP contribution >= 0.6 is 15.2 Å². The van der Waals surface area contributed by atoms with Crippen molar-refractivity contribution in [1.29, 1.82) is 0 Å². The monoisotopic (exact) mass is 432 g/mol. The van der Waals surface area contributed by atoms with Crippen LogP contribution in [-0.2, 0) is 39.5 Å². The highest BCUT2D eigenvalue weighted by Gasteiger charge is 2.38. The Morgan fingerprint density at radius 3 is 1.18 bits per heavy atom. The highest BCUT2D eigenvalue weighted by molar-refractivity contribution is 7.53. The maximum Gasteiger partial charge on any atom is 0.335 e. The fraction of sp³-hybridized carbons (Fsp3) is 0.700. The van der Waals surface area contributed by atoms with Crippen LogP contribution in [0.5, 0.6) is 0 Å². The molecule has 1 aromatic carbocycles. The van der Waals surface area contributed by atoms with Crippen LogP contribution in [0.4, 0.5) is 0 Å². The Kier molecular flexibility index (Phi) is 7.75. The Hall–Kier alpha value is -0.480. The molecular formula is C20H34O6P2. The first-order chi connectivity index (χ1) is 13.0. The lowest BCUT2D eigenvalue weighted by Crippen LogP contribution is -2.29. The molecule has 2 aliphatic heterocycles. The van der Waals surface area contributed by atoms with E-state index in [1.165, 1.54) is 0 Å². The summed E-state index contributed by atoms with van der Waals surface area (Å²) >= 11 is 0. The molecule has 3 rings (SSSR count). The van der Waals surface area contributed by atoms with Gasteiger partial charge in [0.2, 0.25) is 0 Å². The van der Waals surface area contributed by atoms with E-state index in [0.29, 0.717) is 26.4 Å². The third-order valence-electron chi connectivity index (χ3n) is 4.38. The second kappa shape index (κ2) is 9.12. The van der Waals surface area contributed by atoms with E-state index in [9.17, 15) is 9.13 Å². The first-order valence-corrected chi connectivity index (χ1v) is 13.3. The summed E-state index contributed by atoms with van der Waals surface area (Å²) in [6, 6.07) is 7.45. The molecule has 0 saturated carbocycles. The molecule has 2 aliphatic rings. The van der Waals surface area contributed by atoms with Crippen molar-refractivity contribution >= 4 is 15.2 Å². The molecule has 2 heterocycles. The van der Waals surface area contributed by atoms with Gasteiger partial charge in [0.05, 0.1) is 38.8 Å². The second-order valence-corrected chi connectivity index (χ2v) is 12.9. The normalized spacial score (nSPS) is 24.6. The summed E-state index contributed by atoms with van der Waals surface area (Å²) in [4.78, 5) is 0. The third kappa shape index (κ3) is 6.79. The molecular weight excluding hydrogens is 398 g/mol. The maximum atomic E-state index is 12.7. The van der Waals surface area contributed by atoms with E-state index < -0.39 is 15.2 Å². The van der Waals surface area contributed by atoms with E-state index >= 15 is 0 Å². The van der Waals surface area contributed by atoms with Crippen LogP contribution in [0.2, 0.25) is 0 Å². The van der Waals surface area contributed by atoms with Gasteiger partial charge < -0.3 is 18.1 Å².